The van der Waals surface area contributed by atoms with Crippen molar-refractivity contribution in [3.63, 3.8) is 0 Å². The largest absolute Gasteiger partial charge is 0.425 e. The minimum Gasteiger partial charge on any atom is -0.425 e. The van der Waals surface area contributed by atoms with Gasteiger partial charge in [0.2, 0.25) is 11.8 Å². The Bertz CT molecular complexity index is 1190. The molecule has 0 spiro atoms. The van der Waals surface area contributed by atoms with Crippen LogP contribution in [0, 0.1) is 26.7 Å². The molecule has 1 aromatic carbocycles. The van der Waals surface area contributed by atoms with Crippen molar-refractivity contribution in [3.05, 3.63) is 70.7 Å². The minimum absolute atomic E-state index is 0.110. The summed E-state index contributed by atoms with van der Waals surface area (Å²) in [6, 6.07) is 12.6. The first-order valence-electron chi connectivity index (χ1n) is 12.4. The lowest BCUT2D eigenvalue weighted by Gasteiger charge is -2.41. The SMILES string of the molecule is COCCn1c(C)cc(C(=O)N2CCC3(c4nnc(C)o4)CN(Cc4ccccc4)CC3C2)c1C. The van der Waals surface area contributed by atoms with Gasteiger partial charge in [0, 0.05) is 70.6 Å². The van der Waals surface area contributed by atoms with Gasteiger partial charge in [-0.25, -0.2) is 0 Å². The third-order valence-electron chi connectivity index (χ3n) is 7.85. The first kappa shape index (κ1) is 23.8. The Labute approximate surface area is 206 Å². The Hall–Kier alpha value is -2.97. The molecule has 0 saturated carbocycles. The summed E-state index contributed by atoms with van der Waals surface area (Å²) in [7, 11) is 1.70. The van der Waals surface area contributed by atoms with E-state index in [9.17, 15) is 4.79 Å². The number of rotatable bonds is 7. The number of amides is 1. The van der Waals surface area contributed by atoms with Crippen molar-refractivity contribution in [3.8, 4) is 0 Å². The zero-order valence-corrected chi connectivity index (χ0v) is 21.2. The number of piperidine rings is 1. The molecule has 0 N–H and O–H groups in total. The summed E-state index contributed by atoms with van der Waals surface area (Å²) in [5.41, 5.74) is 3.96. The van der Waals surface area contributed by atoms with Crippen molar-refractivity contribution in [2.45, 2.75) is 45.7 Å². The van der Waals surface area contributed by atoms with E-state index in [0.29, 0.717) is 25.6 Å². The highest BCUT2D eigenvalue weighted by Gasteiger charge is 2.54. The van der Waals surface area contributed by atoms with E-state index < -0.39 is 0 Å². The first-order valence-corrected chi connectivity index (χ1v) is 12.4. The number of carbonyl (C=O) groups is 1. The molecule has 8 nitrogen and oxygen atoms in total. The van der Waals surface area contributed by atoms with Gasteiger partial charge >= 0.3 is 0 Å². The molecule has 4 heterocycles. The monoisotopic (exact) mass is 477 g/mol. The number of aromatic nitrogens is 3. The van der Waals surface area contributed by atoms with Gasteiger partial charge < -0.3 is 18.6 Å². The molecule has 0 radical (unpaired) electrons. The third-order valence-corrected chi connectivity index (χ3v) is 7.85. The van der Waals surface area contributed by atoms with Crippen molar-refractivity contribution in [2.75, 3.05) is 39.9 Å². The number of fused-ring (bicyclic) bond motifs is 1. The van der Waals surface area contributed by atoms with Gasteiger partial charge in [-0.1, -0.05) is 30.3 Å². The smallest absolute Gasteiger partial charge is 0.255 e. The second-order valence-corrected chi connectivity index (χ2v) is 10.1. The summed E-state index contributed by atoms with van der Waals surface area (Å²) >= 11 is 0. The molecule has 186 valence electrons. The lowest BCUT2D eigenvalue weighted by atomic mass is 9.72. The van der Waals surface area contributed by atoms with Crippen LogP contribution in [0.1, 0.15) is 45.5 Å². The minimum atomic E-state index is -0.220. The standard InChI is InChI=1S/C27H35N5O3/c1-19-14-24(20(2)32(19)12-13-34-4)25(33)31-11-10-27(26-29-28-21(3)35-26)18-30(16-23(27)17-31)15-22-8-6-5-7-9-22/h5-9,14,23H,10-13,15-18H2,1-4H3. The van der Waals surface area contributed by atoms with Crippen molar-refractivity contribution in [1.82, 2.24) is 24.6 Å². The van der Waals surface area contributed by atoms with Gasteiger partial charge in [0.1, 0.15) is 0 Å². The van der Waals surface area contributed by atoms with E-state index in [0.717, 1.165) is 55.4 Å². The van der Waals surface area contributed by atoms with Crippen molar-refractivity contribution >= 4 is 5.91 Å². The molecule has 2 aliphatic heterocycles. The van der Waals surface area contributed by atoms with Crippen LogP contribution in [0.2, 0.25) is 0 Å². The van der Waals surface area contributed by atoms with E-state index >= 15 is 0 Å². The molecule has 5 rings (SSSR count). The fraction of sp³-hybridized carbons (Fsp3) is 0.519. The number of methoxy groups -OCH3 is 1. The van der Waals surface area contributed by atoms with Gasteiger partial charge in [0.25, 0.3) is 5.91 Å². The van der Waals surface area contributed by atoms with E-state index in [4.69, 9.17) is 9.15 Å². The number of likely N-dealkylation sites (tertiary alicyclic amines) is 2. The second-order valence-electron chi connectivity index (χ2n) is 10.1. The molecular formula is C27H35N5O3. The van der Waals surface area contributed by atoms with E-state index in [1.165, 1.54) is 5.56 Å². The Morgan fingerprint density at radius 3 is 2.69 bits per heavy atom. The Morgan fingerprint density at radius 2 is 1.97 bits per heavy atom. The Morgan fingerprint density at radius 1 is 1.17 bits per heavy atom. The number of carbonyl (C=O) groups excluding carboxylic acids is 1. The van der Waals surface area contributed by atoms with Crippen LogP contribution in [-0.2, 0) is 23.2 Å². The molecule has 2 unspecified atom stereocenters. The topological polar surface area (TPSA) is 76.6 Å². The number of nitrogens with zero attached hydrogens (tertiary/aromatic N) is 5. The third kappa shape index (κ3) is 4.41. The number of benzene rings is 1. The van der Waals surface area contributed by atoms with Crippen molar-refractivity contribution in [2.24, 2.45) is 5.92 Å². The highest BCUT2D eigenvalue weighted by atomic mass is 16.5. The number of hydrogen-bond acceptors (Lipinski definition) is 6. The maximum atomic E-state index is 13.7. The van der Waals surface area contributed by atoms with Gasteiger partial charge in [-0.2, -0.15) is 0 Å². The van der Waals surface area contributed by atoms with Crippen LogP contribution in [0.4, 0.5) is 0 Å². The summed E-state index contributed by atoms with van der Waals surface area (Å²) in [5, 5.41) is 8.62. The molecule has 8 heteroatoms. The first-order chi connectivity index (χ1) is 16.9. The lowest BCUT2D eigenvalue weighted by molar-refractivity contribution is 0.0567. The van der Waals surface area contributed by atoms with E-state index in [1.54, 1.807) is 7.11 Å². The van der Waals surface area contributed by atoms with Crippen molar-refractivity contribution in [1.29, 1.82) is 0 Å². The van der Waals surface area contributed by atoms with Crippen LogP contribution >= 0.6 is 0 Å². The summed E-state index contributed by atoms with van der Waals surface area (Å²) in [4.78, 5) is 18.2. The van der Waals surface area contributed by atoms with Gasteiger partial charge in [0.15, 0.2) is 0 Å². The maximum Gasteiger partial charge on any atom is 0.255 e. The van der Waals surface area contributed by atoms with Crippen molar-refractivity contribution < 1.29 is 13.9 Å². The van der Waals surface area contributed by atoms with Crippen LogP contribution in [0.25, 0.3) is 0 Å². The lowest BCUT2D eigenvalue weighted by Crippen LogP contribution is -2.51. The average Bonchev–Trinajstić information content (AvgIpc) is 3.53. The molecule has 2 fully saturated rings. The Balaban J connectivity index is 1.38. The molecule has 2 aliphatic rings. The zero-order chi connectivity index (χ0) is 24.6. The van der Waals surface area contributed by atoms with Gasteiger partial charge in [0.05, 0.1) is 17.6 Å². The molecule has 2 atom stereocenters. The van der Waals surface area contributed by atoms with Crippen LogP contribution in [0.3, 0.4) is 0 Å². The summed E-state index contributed by atoms with van der Waals surface area (Å²) < 4.78 is 13.4. The zero-order valence-electron chi connectivity index (χ0n) is 21.2. The predicted octanol–water partition coefficient (Wildman–Crippen LogP) is 3.36. The summed E-state index contributed by atoms with van der Waals surface area (Å²) in [6.07, 6.45) is 0.818. The molecule has 0 aliphatic carbocycles. The molecular weight excluding hydrogens is 442 g/mol. The fourth-order valence-corrected chi connectivity index (χ4v) is 5.99. The molecule has 2 saturated heterocycles. The van der Waals surface area contributed by atoms with Crippen LogP contribution in [0.5, 0.6) is 0 Å². The van der Waals surface area contributed by atoms with Crippen LogP contribution < -0.4 is 0 Å². The Kier molecular flexibility index (Phi) is 6.51. The quantitative estimate of drug-likeness (QED) is 0.519. The van der Waals surface area contributed by atoms with Gasteiger partial charge in [-0.15, -0.1) is 10.2 Å². The summed E-state index contributed by atoms with van der Waals surface area (Å²) in [5.74, 6) is 1.66. The number of hydrogen-bond donors (Lipinski definition) is 0. The van der Waals surface area contributed by atoms with Gasteiger partial charge in [-0.3, -0.25) is 9.69 Å². The molecule has 35 heavy (non-hydrogen) atoms. The molecule has 2 aromatic heterocycles. The van der Waals surface area contributed by atoms with E-state index in [-0.39, 0.29) is 17.2 Å². The molecule has 1 amide bonds. The number of ether oxygens (including phenoxy) is 1. The van der Waals surface area contributed by atoms with E-state index in [2.05, 4.69) is 50.9 Å². The maximum absolute atomic E-state index is 13.7. The second kappa shape index (κ2) is 9.59. The number of aryl methyl sites for hydroxylation is 2. The normalized spacial score (nSPS) is 22.5. The van der Waals surface area contributed by atoms with Crippen LogP contribution in [0.15, 0.2) is 40.8 Å². The van der Waals surface area contributed by atoms with E-state index in [1.807, 2.05) is 30.9 Å². The highest BCUT2D eigenvalue weighted by Crippen LogP contribution is 2.45. The summed E-state index contributed by atoms with van der Waals surface area (Å²) in [6.45, 7) is 11.3. The average molecular weight is 478 g/mol. The van der Waals surface area contributed by atoms with Gasteiger partial charge in [-0.05, 0) is 31.9 Å². The van der Waals surface area contributed by atoms with Crippen LogP contribution in [-0.4, -0.2) is 70.4 Å². The fourth-order valence-electron chi connectivity index (χ4n) is 5.99. The highest BCUT2D eigenvalue weighted by molar-refractivity contribution is 5.95. The molecule has 3 aromatic rings. The molecule has 0 bridgehead atoms. The predicted molar refractivity (Wildman–Crippen MR) is 132 cm³/mol.